The lowest BCUT2D eigenvalue weighted by Crippen LogP contribution is -2.25. The Hall–Kier alpha value is -2.15. The molecule has 2 rings (SSSR count). The second-order valence-corrected chi connectivity index (χ2v) is 4.18. The average Bonchev–Trinajstić information content (AvgIpc) is 3.06. The topological polar surface area (TPSA) is 102 Å². The van der Waals surface area contributed by atoms with E-state index in [0.717, 1.165) is 18.7 Å². The van der Waals surface area contributed by atoms with Crippen molar-refractivity contribution >= 4 is 5.91 Å². The molecule has 0 bridgehead atoms. The van der Waals surface area contributed by atoms with E-state index in [0.29, 0.717) is 25.3 Å². The Morgan fingerprint density at radius 3 is 3.11 bits per heavy atom. The highest BCUT2D eigenvalue weighted by atomic mass is 16.1. The molecular formula is C12H18N6O. The van der Waals surface area contributed by atoms with E-state index in [9.17, 15) is 4.79 Å². The number of aromatic nitrogens is 4. The quantitative estimate of drug-likeness (QED) is 0.608. The number of H-pyrrole nitrogens is 1. The Morgan fingerprint density at radius 2 is 2.37 bits per heavy atom. The third-order valence-corrected chi connectivity index (χ3v) is 2.68. The SMILES string of the molecule is NCCn1cnc(C(=O)NCCCc2ncc[nH]2)c1. The molecule has 2 aromatic heterocycles. The number of nitrogens with two attached hydrogens (primary N) is 1. The summed E-state index contributed by atoms with van der Waals surface area (Å²) in [6.07, 6.45) is 8.48. The summed E-state index contributed by atoms with van der Waals surface area (Å²) >= 11 is 0. The van der Waals surface area contributed by atoms with Crippen molar-refractivity contribution in [2.75, 3.05) is 13.1 Å². The second-order valence-electron chi connectivity index (χ2n) is 4.18. The first-order chi connectivity index (χ1) is 9.29. The van der Waals surface area contributed by atoms with E-state index in [-0.39, 0.29) is 5.91 Å². The molecule has 0 unspecified atom stereocenters. The predicted octanol–water partition coefficient (Wildman–Crippen LogP) is -0.0725. The van der Waals surface area contributed by atoms with Crippen LogP contribution in [0.2, 0.25) is 0 Å². The Bertz CT molecular complexity index is 504. The van der Waals surface area contributed by atoms with Crippen LogP contribution in [-0.4, -0.2) is 38.5 Å². The van der Waals surface area contributed by atoms with Crippen LogP contribution in [0.4, 0.5) is 0 Å². The van der Waals surface area contributed by atoms with Gasteiger partial charge in [0.05, 0.1) is 6.33 Å². The molecule has 0 fully saturated rings. The Labute approximate surface area is 111 Å². The number of hydrogen-bond donors (Lipinski definition) is 3. The van der Waals surface area contributed by atoms with Gasteiger partial charge in [-0.15, -0.1) is 0 Å². The fourth-order valence-corrected chi connectivity index (χ4v) is 1.73. The van der Waals surface area contributed by atoms with Gasteiger partial charge in [0.25, 0.3) is 5.91 Å². The van der Waals surface area contributed by atoms with E-state index in [2.05, 4.69) is 20.3 Å². The van der Waals surface area contributed by atoms with E-state index in [1.165, 1.54) is 0 Å². The maximum Gasteiger partial charge on any atom is 0.271 e. The molecule has 0 atom stereocenters. The summed E-state index contributed by atoms with van der Waals surface area (Å²) in [5.41, 5.74) is 5.86. The zero-order valence-corrected chi connectivity index (χ0v) is 10.7. The van der Waals surface area contributed by atoms with E-state index in [4.69, 9.17) is 5.73 Å². The standard InChI is InChI=1S/C12H18N6O/c13-3-7-18-8-10(17-9-18)12(19)16-4-1-2-11-14-5-6-15-11/h5-6,8-9H,1-4,7,13H2,(H,14,15)(H,16,19). The predicted molar refractivity (Wildman–Crippen MR) is 70.5 cm³/mol. The Kier molecular flexibility index (Phi) is 4.68. The van der Waals surface area contributed by atoms with Crippen LogP contribution in [0.1, 0.15) is 22.7 Å². The van der Waals surface area contributed by atoms with Crippen molar-refractivity contribution in [2.24, 2.45) is 5.73 Å². The minimum Gasteiger partial charge on any atom is -0.351 e. The second kappa shape index (κ2) is 6.69. The molecule has 19 heavy (non-hydrogen) atoms. The molecule has 0 aromatic carbocycles. The molecule has 102 valence electrons. The number of carbonyl (C=O) groups is 1. The Balaban J connectivity index is 1.71. The molecule has 0 saturated carbocycles. The molecule has 0 aliphatic rings. The maximum absolute atomic E-state index is 11.8. The maximum atomic E-state index is 11.8. The van der Waals surface area contributed by atoms with Crippen LogP contribution < -0.4 is 11.1 Å². The van der Waals surface area contributed by atoms with Crippen LogP contribution >= 0.6 is 0 Å². The largest absolute Gasteiger partial charge is 0.351 e. The van der Waals surface area contributed by atoms with E-state index < -0.39 is 0 Å². The third-order valence-electron chi connectivity index (χ3n) is 2.68. The number of hydrogen-bond acceptors (Lipinski definition) is 4. The Morgan fingerprint density at radius 1 is 1.47 bits per heavy atom. The van der Waals surface area contributed by atoms with Crippen molar-refractivity contribution in [3.63, 3.8) is 0 Å². The van der Waals surface area contributed by atoms with Crippen molar-refractivity contribution in [1.82, 2.24) is 24.8 Å². The molecule has 0 aliphatic heterocycles. The van der Waals surface area contributed by atoms with Gasteiger partial charge < -0.3 is 20.6 Å². The van der Waals surface area contributed by atoms with E-state index in [1.54, 1.807) is 29.5 Å². The van der Waals surface area contributed by atoms with Crippen LogP contribution in [0.15, 0.2) is 24.9 Å². The van der Waals surface area contributed by atoms with Gasteiger partial charge in [0.15, 0.2) is 0 Å². The van der Waals surface area contributed by atoms with Gasteiger partial charge in [0.1, 0.15) is 11.5 Å². The van der Waals surface area contributed by atoms with E-state index in [1.807, 2.05) is 0 Å². The van der Waals surface area contributed by atoms with Crippen molar-refractivity contribution in [3.05, 3.63) is 36.4 Å². The van der Waals surface area contributed by atoms with Crippen LogP contribution in [0.3, 0.4) is 0 Å². The number of aromatic amines is 1. The number of amides is 1. The van der Waals surface area contributed by atoms with Crippen LogP contribution in [-0.2, 0) is 13.0 Å². The molecule has 0 aliphatic carbocycles. The van der Waals surface area contributed by atoms with Gasteiger partial charge in [0.2, 0.25) is 0 Å². The van der Waals surface area contributed by atoms with Crippen molar-refractivity contribution in [1.29, 1.82) is 0 Å². The average molecular weight is 262 g/mol. The third kappa shape index (κ3) is 3.92. The molecule has 0 radical (unpaired) electrons. The monoisotopic (exact) mass is 262 g/mol. The molecular weight excluding hydrogens is 244 g/mol. The first-order valence-corrected chi connectivity index (χ1v) is 6.28. The van der Waals surface area contributed by atoms with Crippen LogP contribution in [0, 0.1) is 0 Å². The lowest BCUT2D eigenvalue weighted by Gasteiger charge is -2.02. The minimum atomic E-state index is -0.157. The summed E-state index contributed by atoms with van der Waals surface area (Å²) in [5, 5.41) is 2.83. The fourth-order valence-electron chi connectivity index (χ4n) is 1.73. The van der Waals surface area contributed by atoms with Gasteiger partial charge in [0, 0.05) is 44.6 Å². The first-order valence-electron chi connectivity index (χ1n) is 6.28. The summed E-state index contributed by atoms with van der Waals surface area (Å²) in [5.74, 6) is 0.775. The van der Waals surface area contributed by atoms with Crippen LogP contribution in [0.25, 0.3) is 0 Å². The number of carbonyl (C=O) groups excluding carboxylic acids is 1. The van der Waals surface area contributed by atoms with Gasteiger partial charge in [-0.05, 0) is 6.42 Å². The fraction of sp³-hybridized carbons (Fsp3) is 0.417. The summed E-state index contributed by atoms with van der Waals surface area (Å²) in [4.78, 5) is 23.0. The van der Waals surface area contributed by atoms with Gasteiger partial charge in [-0.25, -0.2) is 9.97 Å². The molecule has 2 aromatic rings. The molecule has 0 saturated heterocycles. The normalized spacial score (nSPS) is 10.6. The van der Waals surface area contributed by atoms with Gasteiger partial charge in [-0.2, -0.15) is 0 Å². The minimum absolute atomic E-state index is 0.157. The van der Waals surface area contributed by atoms with E-state index >= 15 is 0 Å². The molecule has 1 amide bonds. The van der Waals surface area contributed by atoms with Crippen molar-refractivity contribution < 1.29 is 4.79 Å². The van der Waals surface area contributed by atoms with Crippen molar-refractivity contribution in [3.8, 4) is 0 Å². The summed E-state index contributed by atoms with van der Waals surface area (Å²) < 4.78 is 1.80. The molecule has 7 heteroatoms. The highest BCUT2D eigenvalue weighted by Gasteiger charge is 2.08. The summed E-state index contributed by atoms with van der Waals surface area (Å²) in [6.45, 7) is 1.79. The zero-order valence-electron chi connectivity index (χ0n) is 10.7. The van der Waals surface area contributed by atoms with Gasteiger partial charge >= 0.3 is 0 Å². The number of nitrogens with one attached hydrogen (secondary N) is 2. The highest BCUT2D eigenvalue weighted by Crippen LogP contribution is 1.97. The molecule has 0 spiro atoms. The smallest absolute Gasteiger partial charge is 0.271 e. The highest BCUT2D eigenvalue weighted by molar-refractivity contribution is 5.91. The molecule has 4 N–H and O–H groups in total. The van der Waals surface area contributed by atoms with Gasteiger partial charge in [-0.1, -0.05) is 0 Å². The van der Waals surface area contributed by atoms with Crippen LogP contribution in [0.5, 0.6) is 0 Å². The molecule has 2 heterocycles. The number of nitrogens with zero attached hydrogens (tertiary/aromatic N) is 3. The lowest BCUT2D eigenvalue weighted by atomic mass is 10.3. The number of rotatable bonds is 7. The van der Waals surface area contributed by atoms with Gasteiger partial charge in [-0.3, -0.25) is 4.79 Å². The zero-order chi connectivity index (χ0) is 13.5. The summed E-state index contributed by atoms with van der Waals surface area (Å²) in [7, 11) is 0. The number of aryl methyl sites for hydroxylation is 1. The number of imidazole rings is 2. The van der Waals surface area contributed by atoms with Crippen molar-refractivity contribution in [2.45, 2.75) is 19.4 Å². The molecule has 7 nitrogen and oxygen atoms in total. The lowest BCUT2D eigenvalue weighted by molar-refractivity contribution is 0.0948. The first kappa shape index (κ1) is 13.3. The summed E-state index contributed by atoms with van der Waals surface area (Å²) in [6, 6.07) is 0.